The van der Waals surface area contributed by atoms with Gasteiger partial charge in [0.15, 0.2) is 0 Å². The Balaban J connectivity index is 4.35. The predicted octanol–water partition coefficient (Wildman–Crippen LogP) is -0.339. The van der Waals surface area contributed by atoms with Gasteiger partial charge in [-0.2, -0.15) is 5.26 Å². The molecule has 6 heteroatoms. The molecule has 0 heterocycles. The van der Waals surface area contributed by atoms with Crippen LogP contribution in [-0.2, 0) is 9.63 Å². The van der Waals surface area contributed by atoms with Gasteiger partial charge in [0.2, 0.25) is 0 Å². The Labute approximate surface area is 82.4 Å². The maximum Gasteiger partial charge on any atom is 0.268 e. The van der Waals surface area contributed by atoms with E-state index in [1.54, 1.807) is 25.1 Å². The quantitative estimate of drug-likeness (QED) is 0.219. The first-order valence-corrected chi connectivity index (χ1v) is 3.76. The fraction of sp³-hybridized carbons (Fsp3) is 0.375. The van der Waals surface area contributed by atoms with Crippen LogP contribution in [0.25, 0.3) is 0 Å². The summed E-state index contributed by atoms with van der Waals surface area (Å²) < 4.78 is 0. The zero-order valence-electron chi connectivity index (χ0n) is 8.31. The van der Waals surface area contributed by atoms with Crippen molar-refractivity contribution in [3.05, 3.63) is 11.8 Å². The van der Waals surface area contributed by atoms with E-state index in [2.05, 4.69) is 15.3 Å². The lowest BCUT2D eigenvalue weighted by atomic mass is 10.3. The van der Waals surface area contributed by atoms with Gasteiger partial charge in [-0.3, -0.25) is 4.79 Å². The fourth-order valence-corrected chi connectivity index (χ4v) is 0.612. The molecule has 76 valence electrons. The van der Waals surface area contributed by atoms with E-state index in [1.165, 1.54) is 13.3 Å². The lowest BCUT2D eigenvalue weighted by molar-refractivity contribution is -0.115. The second-order valence-corrected chi connectivity index (χ2v) is 2.51. The number of carbonyl (C=O) groups is 1. The van der Waals surface area contributed by atoms with E-state index < -0.39 is 5.91 Å². The van der Waals surface area contributed by atoms with Crippen molar-refractivity contribution in [2.45, 2.75) is 0 Å². The van der Waals surface area contributed by atoms with Crippen molar-refractivity contribution in [2.75, 3.05) is 21.2 Å². The first kappa shape index (κ1) is 12.0. The molecule has 0 rings (SSSR count). The van der Waals surface area contributed by atoms with Crippen molar-refractivity contribution in [3.63, 3.8) is 0 Å². The molecular weight excluding hydrogens is 184 g/mol. The molecule has 0 spiro atoms. The number of carbonyl (C=O) groups excluding carboxylic acids is 1. The monoisotopic (exact) mass is 196 g/mol. The first-order valence-electron chi connectivity index (χ1n) is 3.76. The largest absolute Gasteiger partial charge is 0.398 e. The molecule has 0 radical (unpaired) electrons. The number of nitrogens with zero attached hydrogens (tertiary/aromatic N) is 3. The van der Waals surface area contributed by atoms with E-state index in [0.29, 0.717) is 0 Å². The second kappa shape index (κ2) is 6.48. The van der Waals surface area contributed by atoms with Crippen molar-refractivity contribution in [1.82, 2.24) is 10.2 Å². The molecule has 0 saturated heterocycles. The summed E-state index contributed by atoms with van der Waals surface area (Å²) >= 11 is 0. The lowest BCUT2D eigenvalue weighted by Crippen LogP contribution is -2.24. The average molecular weight is 196 g/mol. The Hall–Kier alpha value is -2.03. The highest BCUT2D eigenvalue weighted by Gasteiger charge is 2.06. The molecule has 1 amide bonds. The van der Waals surface area contributed by atoms with Crippen LogP contribution < -0.4 is 5.32 Å². The van der Waals surface area contributed by atoms with Gasteiger partial charge in [-0.1, -0.05) is 5.16 Å². The van der Waals surface area contributed by atoms with Crippen molar-refractivity contribution in [1.29, 1.82) is 5.26 Å². The Morgan fingerprint density at radius 1 is 1.64 bits per heavy atom. The molecular formula is C8H12N4O2. The van der Waals surface area contributed by atoms with Crippen LogP contribution in [0.4, 0.5) is 0 Å². The van der Waals surface area contributed by atoms with E-state index in [4.69, 9.17) is 5.26 Å². The molecule has 0 aromatic heterocycles. The Morgan fingerprint density at radius 3 is 2.71 bits per heavy atom. The second-order valence-electron chi connectivity index (χ2n) is 2.51. The van der Waals surface area contributed by atoms with E-state index in [-0.39, 0.29) is 5.57 Å². The minimum absolute atomic E-state index is 0.00227. The molecule has 0 aliphatic rings. The maximum atomic E-state index is 11.2. The summed E-state index contributed by atoms with van der Waals surface area (Å²) in [6.07, 6.45) is 2.49. The number of hydrogen-bond acceptors (Lipinski definition) is 5. The molecule has 0 aliphatic heterocycles. The molecule has 0 fully saturated rings. The first-order chi connectivity index (χ1) is 6.61. The van der Waals surface area contributed by atoms with Gasteiger partial charge >= 0.3 is 0 Å². The van der Waals surface area contributed by atoms with Gasteiger partial charge in [-0.25, -0.2) is 0 Å². The Kier molecular flexibility index (Phi) is 5.54. The van der Waals surface area contributed by atoms with Crippen molar-refractivity contribution < 1.29 is 9.63 Å². The summed E-state index contributed by atoms with van der Waals surface area (Å²) in [5.74, 6) is -0.526. The summed E-state index contributed by atoms with van der Waals surface area (Å²) in [6, 6.07) is 1.76. The fourth-order valence-electron chi connectivity index (χ4n) is 0.612. The summed E-state index contributed by atoms with van der Waals surface area (Å²) in [6.45, 7) is 0. The smallest absolute Gasteiger partial charge is 0.268 e. The van der Waals surface area contributed by atoms with Crippen LogP contribution in [0.3, 0.4) is 0 Å². The van der Waals surface area contributed by atoms with Crippen LogP contribution in [0.15, 0.2) is 16.9 Å². The molecule has 0 unspecified atom stereocenters. The van der Waals surface area contributed by atoms with Gasteiger partial charge in [0, 0.05) is 20.3 Å². The van der Waals surface area contributed by atoms with E-state index in [9.17, 15) is 4.79 Å². The molecule has 1 N–H and O–H groups in total. The number of nitriles is 1. The van der Waals surface area contributed by atoms with Crippen LogP contribution in [0, 0.1) is 11.3 Å². The van der Waals surface area contributed by atoms with E-state index >= 15 is 0 Å². The third kappa shape index (κ3) is 4.77. The van der Waals surface area contributed by atoms with Crippen LogP contribution in [0.2, 0.25) is 0 Å². The van der Waals surface area contributed by atoms with Crippen LogP contribution in [-0.4, -0.2) is 38.4 Å². The SMILES string of the molecule is CO/N=C/NC(=O)C(C#N)=CN(C)C. The molecule has 0 atom stereocenters. The van der Waals surface area contributed by atoms with Crippen molar-refractivity contribution in [3.8, 4) is 6.07 Å². The standard InChI is InChI=1S/C8H12N4O2/c1-12(2)5-7(4-9)8(13)10-6-11-14-3/h5-6H,1-3H3,(H,10,11,13). The number of rotatable bonds is 4. The Bertz CT molecular complexity index is 288. The van der Waals surface area contributed by atoms with Crippen molar-refractivity contribution in [2.24, 2.45) is 5.16 Å². The predicted molar refractivity (Wildman–Crippen MR) is 51.0 cm³/mol. The highest BCUT2D eigenvalue weighted by molar-refractivity contribution is 6.02. The van der Waals surface area contributed by atoms with Crippen LogP contribution in [0.5, 0.6) is 0 Å². The highest BCUT2D eigenvalue weighted by atomic mass is 16.6. The van der Waals surface area contributed by atoms with Crippen molar-refractivity contribution >= 4 is 12.2 Å². The maximum absolute atomic E-state index is 11.2. The molecule has 14 heavy (non-hydrogen) atoms. The molecule has 6 nitrogen and oxygen atoms in total. The molecule has 0 saturated carbocycles. The molecule has 0 aromatic rings. The number of nitrogens with one attached hydrogen (secondary N) is 1. The van der Waals surface area contributed by atoms with Gasteiger partial charge in [-0.05, 0) is 0 Å². The zero-order valence-corrected chi connectivity index (χ0v) is 8.31. The van der Waals surface area contributed by atoms with Gasteiger partial charge in [0.25, 0.3) is 5.91 Å². The number of hydrogen-bond donors (Lipinski definition) is 1. The van der Waals surface area contributed by atoms with E-state index in [1.807, 2.05) is 0 Å². The van der Waals surface area contributed by atoms with Gasteiger partial charge in [0.05, 0.1) is 0 Å². The molecule has 0 aliphatic carbocycles. The normalized spacial score (nSPS) is 10.9. The van der Waals surface area contributed by atoms with Gasteiger partial charge < -0.3 is 15.1 Å². The highest BCUT2D eigenvalue weighted by Crippen LogP contribution is 1.92. The number of amides is 1. The third-order valence-electron chi connectivity index (χ3n) is 1.11. The minimum Gasteiger partial charge on any atom is -0.398 e. The Morgan fingerprint density at radius 2 is 2.29 bits per heavy atom. The topological polar surface area (TPSA) is 77.7 Å². The van der Waals surface area contributed by atoms with Gasteiger partial charge in [0.1, 0.15) is 25.1 Å². The summed E-state index contributed by atoms with van der Waals surface area (Å²) in [4.78, 5) is 17.1. The lowest BCUT2D eigenvalue weighted by Gasteiger charge is -2.04. The minimum atomic E-state index is -0.526. The molecule has 0 bridgehead atoms. The summed E-state index contributed by atoms with van der Waals surface area (Å²) in [5.41, 5.74) is -0.00227. The van der Waals surface area contributed by atoms with E-state index in [0.717, 1.165) is 6.34 Å². The van der Waals surface area contributed by atoms with Crippen LogP contribution >= 0.6 is 0 Å². The van der Waals surface area contributed by atoms with Gasteiger partial charge in [-0.15, -0.1) is 0 Å². The summed E-state index contributed by atoms with van der Waals surface area (Å²) in [5, 5.41) is 14.2. The third-order valence-corrected chi connectivity index (χ3v) is 1.11. The molecule has 0 aromatic carbocycles. The number of oxime groups is 1. The summed E-state index contributed by atoms with van der Waals surface area (Å²) in [7, 11) is 4.78. The van der Waals surface area contributed by atoms with Crippen LogP contribution in [0.1, 0.15) is 0 Å². The zero-order chi connectivity index (χ0) is 11.0. The average Bonchev–Trinajstić information content (AvgIpc) is 2.14.